The lowest BCUT2D eigenvalue weighted by molar-refractivity contribution is 0.439. The van der Waals surface area contributed by atoms with Gasteiger partial charge in [-0.1, -0.05) is 37.6 Å². The van der Waals surface area contributed by atoms with E-state index in [-0.39, 0.29) is 17.5 Å². The van der Waals surface area contributed by atoms with Crippen LogP contribution in [0.2, 0.25) is 5.02 Å². The molecule has 114 valence electrons. The molecule has 0 amide bonds. The lowest BCUT2D eigenvalue weighted by atomic mass is 10.0. The number of hydrogen-bond donors (Lipinski definition) is 1. The lowest BCUT2D eigenvalue weighted by Gasteiger charge is -2.05. The zero-order valence-corrected chi connectivity index (χ0v) is 13.3. The van der Waals surface area contributed by atoms with Gasteiger partial charge in [-0.3, -0.25) is 0 Å². The summed E-state index contributed by atoms with van der Waals surface area (Å²) in [7, 11) is 0. The number of oxazole rings is 1. The van der Waals surface area contributed by atoms with E-state index in [1.165, 1.54) is 0 Å². The fourth-order valence-corrected chi connectivity index (χ4v) is 2.25. The minimum absolute atomic E-state index is 0.208. The van der Waals surface area contributed by atoms with E-state index in [9.17, 15) is 0 Å². The van der Waals surface area contributed by atoms with Crippen molar-refractivity contribution >= 4 is 23.7 Å². The molecule has 0 aliphatic carbocycles. The molecule has 1 N–H and O–H groups in total. The van der Waals surface area contributed by atoms with Crippen LogP contribution in [0.25, 0.3) is 0 Å². The Labute approximate surface area is 134 Å². The van der Waals surface area contributed by atoms with Crippen molar-refractivity contribution in [2.75, 3.05) is 5.43 Å². The molecule has 0 radical (unpaired) electrons. The Kier molecular flexibility index (Phi) is 5.56. The van der Waals surface area contributed by atoms with Gasteiger partial charge in [0.25, 0.3) is 5.88 Å². The number of benzene rings is 1. The van der Waals surface area contributed by atoms with Crippen LogP contribution in [0.5, 0.6) is 0 Å². The van der Waals surface area contributed by atoms with Crippen molar-refractivity contribution < 1.29 is 4.42 Å². The van der Waals surface area contributed by atoms with E-state index >= 15 is 0 Å². The van der Waals surface area contributed by atoms with Crippen molar-refractivity contribution in [3.63, 3.8) is 0 Å². The van der Waals surface area contributed by atoms with E-state index in [1.807, 2.05) is 18.2 Å². The van der Waals surface area contributed by atoms with Gasteiger partial charge < -0.3 is 4.42 Å². The van der Waals surface area contributed by atoms with Gasteiger partial charge in [-0.2, -0.15) is 10.4 Å². The molecular weight excluding hydrogens is 300 g/mol. The molecule has 1 aromatic carbocycles. The number of aromatic nitrogens is 1. The molecule has 0 aliphatic heterocycles. The smallest absolute Gasteiger partial charge is 0.252 e. The third kappa shape index (κ3) is 3.86. The summed E-state index contributed by atoms with van der Waals surface area (Å²) in [6.07, 6.45) is 3.42. The number of hydrazone groups is 1. The second-order valence-electron chi connectivity index (χ2n) is 4.78. The molecular formula is C16H17ClN4O. The number of hydrogen-bond acceptors (Lipinski definition) is 5. The van der Waals surface area contributed by atoms with Crippen molar-refractivity contribution in [3.05, 3.63) is 46.4 Å². The molecule has 1 aromatic heterocycles. The van der Waals surface area contributed by atoms with Gasteiger partial charge in [0.2, 0.25) is 11.6 Å². The monoisotopic (exact) mass is 316 g/mol. The number of halogens is 1. The van der Waals surface area contributed by atoms with Crippen molar-refractivity contribution in [1.82, 2.24) is 4.98 Å². The number of nitrogens with zero attached hydrogens (tertiary/aromatic N) is 3. The van der Waals surface area contributed by atoms with Crippen molar-refractivity contribution in [2.45, 2.75) is 32.6 Å². The van der Waals surface area contributed by atoms with Crippen LogP contribution >= 0.6 is 11.6 Å². The molecule has 0 saturated heterocycles. The normalized spacial score (nSPS) is 11.0. The van der Waals surface area contributed by atoms with Gasteiger partial charge in [0.1, 0.15) is 6.07 Å². The van der Waals surface area contributed by atoms with Gasteiger partial charge in [0, 0.05) is 10.9 Å². The van der Waals surface area contributed by atoms with Crippen molar-refractivity contribution in [3.8, 4) is 6.07 Å². The fourth-order valence-electron chi connectivity index (χ4n) is 2.05. The second-order valence-corrected chi connectivity index (χ2v) is 5.22. The van der Waals surface area contributed by atoms with Crippen LogP contribution in [0, 0.1) is 11.3 Å². The Morgan fingerprint density at radius 2 is 2.23 bits per heavy atom. The summed E-state index contributed by atoms with van der Waals surface area (Å²) in [6, 6.07) is 9.30. The Hall–Kier alpha value is -2.32. The number of anilines is 1. The van der Waals surface area contributed by atoms with Crippen LogP contribution in [0.4, 0.5) is 5.88 Å². The summed E-state index contributed by atoms with van der Waals surface area (Å²) in [5, 5.41) is 13.8. The predicted octanol–water partition coefficient (Wildman–Crippen LogP) is 4.55. The van der Waals surface area contributed by atoms with Crippen LogP contribution in [0.1, 0.15) is 49.8 Å². The number of rotatable bonds is 6. The first-order valence-electron chi connectivity index (χ1n) is 7.13. The first-order chi connectivity index (χ1) is 10.7. The average molecular weight is 317 g/mol. The summed E-state index contributed by atoms with van der Waals surface area (Å²) in [5.74, 6) is 1.05. The molecule has 0 unspecified atom stereocenters. The van der Waals surface area contributed by atoms with E-state index in [4.69, 9.17) is 21.3 Å². The molecule has 0 saturated carbocycles. The predicted molar refractivity (Wildman–Crippen MR) is 87.2 cm³/mol. The first kappa shape index (κ1) is 16.1. The third-order valence-corrected chi connectivity index (χ3v) is 3.55. The van der Waals surface area contributed by atoms with Crippen molar-refractivity contribution in [1.29, 1.82) is 5.26 Å². The zero-order chi connectivity index (χ0) is 15.9. The highest BCUT2D eigenvalue weighted by Crippen LogP contribution is 2.27. The molecule has 0 spiro atoms. The second kappa shape index (κ2) is 7.62. The summed E-state index contributed by atoms with van der Waals surface area (Å²) in [4.78, 5) is 4.23. The summed E-state index contributed by atoms with van der Waals surface area (Å²) in [5.41, 5.74) is 3.79. The van der Waals surface area contributed by atoms with E-state index in [0.717, 1.165) is 18.4 Å². The van der Waals surface area contributed by atoms with Gasteiger partial charge in [-0.25, -0.2) is 10.4 Å². The van der Waals surface area contributed by atoms with E-state index in [0.29, 0.717) is 10.9 Å². The van der Waals surface area contributed by atoms with Gasteiger partial charge in [-0.05, 0) is 30.5 Å². The molecule has 0 aliphatic rings. The third-order valence-electron chi connectivity index (χ3n) is 3.31. The lowest BCUT2D eigenvalue weighted by Crippen LogP contribution is -1.95. The topological polar surface area (TPSA) is 74.2 Å². The fraction of sp³-hybridized carbons (Fsp3) is 0.312. The molecule has 1 heterocycles. The quantitative estimate of drug-likeness (QED) is 0.626. The maximum Gasteiger partial charge on any atom is 0.252 e. The average Bonchev–Trinajstić information content (AvgIpc) is 2.92. The minimum atomic E-state index is 0.208. The van der Waals surface area contributed by atoms with Crippen LogP contribution in [-0.4, -0.2) is 11.2 Å². The van der Waals surface area contributed by atoms with E-state index < -0.39 is 0 Å². The van der Waals surface area contributed by atoms with Crippen LogP contribution in [0.15, 0.2) is 33.8 Å². The maximum atomic E-state index is 9.13. The van der Waals surface area contributed by atoms with Gasteiger partial charge in [0.15, 0.2) is 0 Å². The Balaban J connectivity index is 2.14. The highest BCUT2D eigenvalue weighted by molar-refractivity contribution is 6.30. The zero-order valence-electron chi connectivity index (χ0n) is 12.5. The molecule has 2 rings (SSSR count). The Morgan fingerprint density at radius 3 is 2.86 bits per heavy atom. The molecule has 22 heavy (non-hydrogen) atoms. The minimum Gasteiger partial charge on any atom is -0.422 e. The van der Waals surface area contributed by atoms with Crippen LogP contribution in [-0.2, 0) is 0 Å². The summed E-state index contributed by atoms with van der Waals surface area (Å²) in [6.45, 7) is 4.13. The van der Waals surface area contributed by atoms with Gasteiger partial charge in [-0.15, -0.1) is 0 Å². The van der Waals surface area contributed by atoms with Crippen LogP contribution < -0.4 is 5.43 Å². The summed E-state index contributed by atoms with van der Waals surface area (Å²) < 4.78 is 5.63. The number of nitriles is 1. The Bertz CT molecular complexity index is 698. The summed E-state index contributed by atoms with van der Waals surface area (Å²) >= 11 is 5.90. The van der Waals surface area contributed by atoms with E-state index in [1.54, 1.807) is 18.3 Å². The first-order valence-corrected chi connectivity index (χ1v) is 7.51. The SMILES string of the molecule is CCC(CC)c1nc(C#N)c(N/N=C/c2cccc(Cl)c2)o1. The largest absolute Gasteiger partial charge is 0.422 e. The standard InChI is InChI=1S/C16H17ClN4O/c1-3-12(4-2)15-20-14(9-18)16(22-15)21-19-10-11-6-5-7-13(17)8-11/h5-8,10,12,21H,3-4H2,1-2H3/b19-10+. The van der Waals surface area contributed by atoms with Crippen LogP contribution in [0.3, 0.4) is 0 Å². The number of nitrogens with one attached hydrogen (secondary N) is 1. The molecule has 0 atom stereocenters. The molecule has 5 nitrogen and oxygen atoms in total. The molecule has 2 aromatic rings. The van der Waals surface area contributed by atoms with E-state index in [2.05, 4.69) is 29.4 Å². The van der Waals surface area contributed by atoms with Gasteiger partial charge in [0.05, 0.1) is 6.21 Å². The van der Waals surface area contributed by atoms with Crippen molar-refractivity contribution in [2.24, 2.45) is 5.10 Å². The highest BCUT2D eigenvalue weighted by Gasteiger charge is 2.18. The maximum absolute atomic E-state index is 9.13. The Morgan fingerprint density at radius 1 is 1.45 bits per heavy atom. The van der Waals surface area contributed by atoms with Gasteiger partial charge >= 0.3 is 0 Å². The molecule has 0 bridgehead atoms. The molecule has 0 fully saturated rings. The highest BCUT2D eigenvalue weighted by atomic mass is 35.5. The molecule has 6 heteroatoms.